The van der Waals surface area contributed by atoms with Gasteiger partial charge < -0.3 is 0 Å². The molecule has 0 unspecified atom stereocenters. The summed E-state index contributed by atoms with van der Waals surface area (Å²) in [6, 6.07) is 10.3. The second-order valence-electron chi connectivity index (χ2n) is 3.63. The van der Waals surface area contributed by atoms with Crippen LogP contribution in [0.25, 0.3) is 10.8 Å². The summed E-state index contributed by atoms with van der Waals surface area (Å²) in [6.45, 7) is 8.00. The van der Waals surface area contributed by atoms with Gasteiger partial charge in [0, 0.05) is 5.39 Å². The van der Waals surface area contributed by atoms with Crippen LogP contribution in [-0.2, 0) is 0 Å². The van der Waals surface area contributed by atoms with Crippen molar-refractivity contribution >= 4 is 22.6 Å². The monoisotopic (exact) mass is 273 g/mol. The van der Waals surface area contributed by atoms with Gasteiger partial charge in [-0.3, -0.25) is 14.8 Å². The fraction of sp³-hybridized carbons (Fsp3) is 0.250. The molecule has 4 heteroatoms. The predicted octanol–water partition coefficient (Wildman–Crippen LogP) is 3.88. The zero-order chi connectivity index (χ0) is 15.3. The molecular formula is C16H19NO3. The smallest absolute Gasteiger partial charge is 0.278 e. The Balaban J connectivity index is 0.000000461. The van der Waals surface area contributed by atoms with E-state index in [0.717, 1.165) is 5.39 Å². The number of benzene rings is 2. The summed E-state index contributed by atoms with van der Waals surface area (Å²) in [6.07, 6.45) is 0. The lowest BCUT2D eigenvalue weighted by Crippen LogP contribution is -2.37. The van der Waals surface area contributed by atoms with Gasteiger partial charge in [0.25, 0.3) is 11.8 Å². The largest absolute Gasteiger partial charge is 0.285 e. The Kier molecular flexibility index (Phi) is 5.41. The molecule has 0 aliphatic carbocycles. The first-order valence-corrected chi connectivity index (χ1v) is 6.79. The van der Waals surface area contributed by atoms with E-state index >= 15 is 0 Å². The van der Waals surface area contributed by atoms with Crippen LogP contribution < -0.4 is 0 Å². The fourth-order valence-corrected chi connectivity index (χ4v) is 2.02. The van der Waals surface area contributed by atoms with Gasteiger partial charge in [-0.05, 0) is 17.5 Å². The average Bonchev–Trinajstić information content (AvgIpc) is 2.54. The van der Waals surface area contributed by atoms with Gasteiger partial charge in [-0.2, -0.15) is 0 Å². The molecule has 0 spiro atoms. The molecule has 2 aromatic carbocycles. The summed E-state index contributed by atoms with van der Waals surface area (Å²) >= 11 is 0. The molecule has 1 aliphatic heterocycles. The van der Waals surface area contributed by atoms with E-state index in [1.807, 2.05) is 39.8 Å². The van der Waals surface area contributed by atoms with Crippen LogP contribution in [0, 0.1) is 0 Å². The molecule has 1 heterocycles. The number of nitrogens with zero attached hydrogens (tertiary/aromatic N) is 1. The highest BCUT2D eigenvalue weighted by atomic mass is 16.5. The maximum atomic E-state index is 11.7. The third-order valence-corrected chi connectivity index (χ3v) is 2.75. The van der Waals surface area contributed by atoms with Crippen LogP contribution in [0.15, 0.2) is 36.4 Å². The maximum absolute atomic E-state index is 11.7. The molecule has 0 atom stereocenters. The zero-order valence-corrected chi connectivity index (χ0v) is 12.2. The van der Waals surface area contributed by atoms with Crippen LogP contribution >= 0.6 is 0 Å². The van der Waals surface area contributed by atoms with Crippen molar-refractivity contribution in [2.24, 2.45) is 0 Å². The highest BCUT2D eigenvalue weighted by Crippen LogP contribution is 2.28. The molecule has 0 fully saturated rings. The van der Waals surface area contributed by atoms with Gasteiger partial charge >= 0.3 is 0 Å². The Hall–Kier alpha value is -2.20. The second kappa shape index (κ2) is 6.82. The van der Waals surface area contributed by atoms with E-state index in [2.05, 4.69) is 0 Å². The van der Waals surface area contributed by atoms with Crippen molar-refractivity contribution in [2.45, 2.75) is 27.7 Å². The number of hydroxylamine groups is 2. The van der Waals surface area contributed by atoms with E-state index in [4.69, 9.17) is 0 Å². The van der Waals surface area contributed by atoms with Crippen LogP contribution in [0.3, 0.4) is 0 Å². The minimum Gasteiger partial charge on any atom is -0.278 e. The van der Waals surface area contributed by atoms with Crippen molar-refractivity contribution in [2.75, 3.05) is 0 Å². The SMILES string of the molecule is CC.CC.O=C1c2cccc3cccc(c23)C(=O)N1O. The van der Waals surface area contributed by atoms with Gasteiger partial charge in [-0.15, -0.1) is 5.06 Å². The molecule has 20 heavy (non-hydrogen) atoms. The summed E-state index contributed by atoms with van der Waals surface area (Å²) in [5.41, 5.74) is 0.713. The Morgan fingerprint density at radius 3 is 1.60 bits per heavy atom. The van der Waals surface area contributed by atoms with Crippen LogP contribution in [-0.4, -0.2) is 22.1 Å². The van der Waals surface area contributed by atoms with Gasteiger partial charge in [0.2, 0.25) is 0 Å². The lowest BCUT2D eigenvalue weighted by molar-refractivity contribution is -0.0377. The summed E-state index contributed by atoms with van der Waals surface area (Å²) in [4.78, 5) is 23.3. The van der Waals surface area contributed by atoms with Gasteiger partial charge in [0.05, 0.1) is 11.1 Å². The van der Waals surface area contributed by atoms with Gasteiger partial charge in [0.15, 0.2) is 0 Å². The molecule has 3 rings (SSSR count). The molecule has 106 valence electrons. The van der Waals surface area contributed by atoms with E-state index < -0.39 is 11.8 Å². The number of hydrogen-bond acceptors (Lipinski definition) is 3. The topological polar surface area (TPSA) is 57.6 Å². The standard InChI is InChI=1S/C12H7NO3.2C2H6/c14-11-8-5-1-3-7-4-2-6-9(10(7)8)12(15)13(11)16;2*1-2/h1-6,16H;2*1-2H3. The number of carbonyl (C=O) groups excluding carboxylic acids is 2. The van der Waals surface area contributed by atoms with Gasteiger partial charge in [0.1, 0.15) is 0 Å². The molecule has 0 bridgehead atoms. The fourth-order valence-electron chi connectivity index (χ4n) is 2.02. The van der Waals surface area contributed by atoms with Gasteiger partial charge in [-0.1, -0.05) is 52.0 Å². The number of imide groups is 1. The molecule has 0 saturated heterocycles. The van der Waals surface area contributed by atoms with Crippen LogP contribution in [0.2, 0.25) is 0 Å². The summed E-state index contributed by atoms with van der Waals surface area (Å²) in [5.74, 6) is -1.34. The first-order valence-electron chi connectivity index (χ1n) is 6.79. The van der Waals surface area contributed by atoms with Crippen molar-refractivity contribution in [3.63, 3.8) is 0 Å². The molecular weight excluding hydrogens is 254 g/mol. The Labute approximate surface area is 118 Å². The van der Waals surface area contributed by atoms with E-state index in [0.29, 0.717) is 16.5 Å². The molecule has 0 radical (unpaired) electrons. The van der Waals surface area contributed by atoms with E-state index in [1.165, 1.54) is 0 Å². The quantitative estimate of drug-likeness (QED) is 0.585. The Morgan fingerprint density at radius 1 is 0.800 bits per heavy atom. The first-order chi connectivity index (χ1) is 9.70. The molecule has 0 saturated carbocycles. The number of carbonyl (C=O) groups is 2. The molecule has 1 N–H and O–H groups in total. The van der Waals surface area contributed by atoms with Crippen molar-refractivity contribution in [1.82, 2.24) is 5.06 Å². The van der Waals surface area contributed by atoms with Crippen LogP contribution in [0.1, 0.15) is 48.4 Å². The van der Waals surface area contributed by atoms with Crippen molar-refractivity contribution in [3.8, 4) is 0 Å². The highest BCUT2D eigenvalue weighted by molar-refractivity contribution is 6.24. The minimum absolute atomic E-state index is 0.164. The highest BCUT2D eigenvalue weighted by Gasteiger charge is 2.31. The zero-order valence-electron chi connectivity index (χ0n) is 12.2. The lowest BCUT2D eigenvalue weighted by atomic mass is 9.95. The third-order valence-electron chi connectivity index (χ3n) is 2.75. The van der Waals surface area contributed by atoms with Crippen molar-refractivity contribution in [1.29, 1.82) is 0 Å². The summed E-state index contributed by atoms with van der Waals surface area (Å²) in [7, 11) is 0. The number of amides is 2. The maximum Gasteiger partial charge on any atom is 0.285 e. The Bertz CT molecular complexity index is 584. The molecule has 0 aromatic heterocycles. The van der Waals surface area contributed by atoms with Crippen LogP contribution in [0.4, 0.5) is 0 Å². The summed E-state index contributed by atoms with van der Waals surface area (Å²) in [5, 5.41) is 11.0. The van der Waals surface area contributed by atoms with Crippen molar-refractivity contribution in [3.05, 3.63) is 47.5 Å². The van der Waals surface area contributed by atoms with E-state index in [1.54, 1.807) is 24.3 Å². The summed E-state index contributed by atoms with van der Waals surface area (Å²) < 4.78 is 0. The molecule has 1 aliphatic rings. The minimum atomic E-state index is -0.672. The normalized spacial score (nSPS) is 12.3. The second-order valence-corrected chi connectivity index (χ2v) is 3.63. The van der Waals surface area contributed by atoms with E-state index in [-0.39, 0.29) is 5.06 Å². The molecule has 2 aromatic rings. The van der Waals surface area contributed by atoms with Crippen molar-refractivity contribution < 1.29 is 14.8 Å². The Morgan fingerprint density at radius 2 is 1.20 bits per heavy atom. The average molecular weight is 273 g/mol. The molecule has 4 nitrogen and oxygen atoms in total. The van der Waals surface area contributed by atoms with Gasteiger partial charge in [-0.25, -0.2) is 0 Å². The predicted molar refractivity (Wildman–Crippen MR) is 78.9 cm³/mol. The number of hydrogen-bond donors (Lipinski definition) is 1. The van der Waals surface area contributed by atoms with E-state index in [9.17, 15) is 14.8 Å². The first kappa shape index (κ1) is 15.9. The lowest BCUT2D eigenvalue weighted by Gasteiger charge is -2.21. The van der Waals surface area contributed by atoms with Crippen LogP contribution in [0.5, 0.6) is 0 Å². The third kappa shape index (κ3) is 2.42. The number of rotatable bonds is 0. The molecule has 2 amide bonds.